The summed E-state index contributed by atoms with van der Waals surface area (Å²) in [5, 5.41) is 8.79. The Morgan fingerprint density at radius 3 is 2.27 bits per heavy atom. The number of carbonyl (C=O) groups is 1. The molecule has 30 heavy (non-hydrogen) atoms. The smallest absolute Gasteiger partial charge is 0.237 e. The number of nitrogens with one attached hydrogen (secondary N) is 1. The Hall–Kier alpha value is -3.03. The summed E-state index contributed by atoms with van der Waals surface area (Å²) in [7, 11) is 0. The molecule has 1 amide bonds. The number of hydrogen-bond donors (Lipinski definition) is 1. The molecular weight excluding hydrogens is 388 g/mol. The summed E-state index contributed by atoms with van der Waals surface area (Å²) in [5.74, 6) is -0.226. The minimum Gasteiger partial charge on any atom is -0.295 e. The molecule has 0 saturated carbocycles. The van der Waals surface area contributed by atoms with Crippen molar-refractivity contribution in [2.45, 2.75) is 43.4 Å². The molecule has 3 rings (SSSR count). The Bertz CT molecular complexity index is 976. The third-order valence-electron chi connectivity index (χ3n) is 5.06. The Labute approximate surface area is 183 Å². The van der Waals surface area contributed by atoms with Gasteiger partial charge in [0.05, 0.1) is 12.0 Å². The van der Waals surface area contributed by atoms with Gasteiger partial charge in [0, 0.05) is 11.3 Å². The van der Waals surface area contributed by atoms with Crippen molar-refractivity contribution in [3.63, 3.8) is 0 Å². The van der Waals surface area contributed by atoms with E-state index in [0.29, 0.717) is 6.42 Å². The maximum absolute atomic E-state index is 13.0. The van der Waals surface area contributed by atoms with Crippen molar-refractivity contribution in [2.75, 3.05) is 0 Å². The van der Waals surface area contributed by atoms with Gasteiger partial charge in [-0.25, -0.2) is 0 Å². The first-order chi connectivity index (χ1) is 14.7. The molecule has 0 aliphatic carbocycles. The Morgan fingerprint density at radius 1 is 0.933 bits per heavy atom. The monoisotopic (exact) mass is 414 g/mol. The lowest BCUT2D eigenvalue weighted by Crippen LogP contribution is -2.24. The average molecular weight is 415 g/mol. The number of nitriles is 1. The molecule has 152 valence electrons. The number of hydrogen-bond acceptors (Lipinski definition) is 3. The van der Waals surface area contributed by atoms with Gasteiger partial charge in [-0.3, -0.25) is 9.52 Å². The molecule has 4 heteroatoms. The van der Waals surface area contributed by atoms with Crippen LogP contribution < -0.4 is 4.72 Å². The molecule has 3 aromatic carbocycles. The quantitative estimate of drug-likeness (QED) is 0.315. The molecule has 0 bridgehead atoms. The summed E-state index contributed by atoms with van der Waals surface area (Å²) in [5.41, 5.74) is 4.50. The first-order valence-corrected chi connectivity index (χ1v) is 11.0. The third kappa shape index (κ3) is 6.23. The predicted octanol–water partition coefficient (Wildman–Crippen LogP) is 6.65. The zero-order valence-corrected chi connectivity index (χ0v) is 18.0. The molecule has 0 aromatic heterocycles. The highest BCUT2D eigenvalue weighted by Crippen LogP contribution is 2.28. The van der Waals surface area contributed by atoms with Crippen molar-refractivity contribution in [3.05, 3.63) is 90.0 Å². The van der Waals surface area contributed by atoms with E-state index in [1.165, 1.54) is 17.5 Å². The van der Waals surface area contributed by atoms with Crippen LogP contribution in [0.4, 0.5) is 0 Å². The van der Waals surface area contributed by atoms with Gasteiger partial charge in [-0.1, -0.05) is 78.7 Å². The Balaban J connectivity index is 1.71. The topological polar surface area (TPSA) is 52.9 Å². The number of rotatable bonds is 9. The number of unbranched alkanes of at least 4 members (excludes halogenated alkanes) is 2. The second kappa shape index (κ2) is 11.2. The fourth-order valence-electron chi connectivity index (χ4n) is 3.33. The highest BCUT2D eigenvalue weighted by atomic mass is 32.2. The van der Waals surface area contributed by atoms with E-state index < -0.39 is 0 Å². The summed E-state index contributed by atoms with van der Waals surface area (Å²) in [6, 6.07) is 28.8. The summed E-state index contributed by atoms with van der Waals surface area (Å²) in [4.78, 5) is 14.0. The molecular formula is C26H26N2OS. The highest BCUT2D eigenvalue weighted by molar-refractivity contribution is 7.98. The molecule has 0 heterocycles. The lowest BCUT2D eigenvalue weighted by Gasteiger charge is -2.17. The summed E-state index contributed by atoms with van der Waals surface area (Å²) < 4.78 is 3.02. The van der Waals surface area contributed by atoms with E-state index in [2.05, 4.69) is 35.1 Å². The molecule has 0 aliphatic heterocycles. The highest BCUT2D eigenvalue weighted by Gasteiger charge is 2.20. The van der Waals surface area contributed by atoms with Crippen molar-refractivity contribution in [1.29, 1.82) is 5.26 Å². The maximum Gasteiger partial charge on any atom is 0.237 e. The molecule has 0 spiro atoms. The fourth-order valence-corrected chi connectivity index (χ4v) is 3.96. The van der Waals surface area contributed by atoms with Crippen LogP contribution in [0.15, 0.2) is 83.8 Å². The molecule has 3 nitrogen and oxygen atoms in total. The van der Waals surface area contributed by atoms with Gasteiger partial charge in [0.2, 0.25) is 5.91 Å². The molecule has 0 radical (unpaired) electrons. The molecule has 0 fully saturated rings. The zero-order chi connectivity index (χ0) is 21.2. The number of carbonyl (C=O) groups excluding carboxylic acids is 1. The Kier molecular flexibility index (Phi) is 8.11. The van der Waals surface area contributed by atoms with Gasteiger partial charge in [-0.2, -0.15) is 5.26 Å². The average Bonchev–Trinajstić information content (AvgIpc) is 2.79. The van der Waals surface area contributed by atoms with Crippen LogP contribution in [0, 0.1) is 18.3 Å². The van der Waals surface area contributed by atoms with Crippen LogP contribution in [0.3, 0.4) is 0 Å². The van der Waals surface area contributed by atoms with Crippen molar-refractivity contribution in [2.24, 2.45) is 0 Å². The number of aryl methyl sites for hydroxylation is 1. The first kappa shape index (κ1) is 21.7. The van der Waals surface area contributed by atoms with Gasteiger partial charge in [-0.15, -0.1) is 0 Å². The van der Waals surface area contributed by atoms with E-state index in [4.69, 9.17) is 5.26 Å². The SMILES string of the molecule is Cc1ccc(SNC(=O)C(CCCCC#N)c2ccc(-c3ccccc3)cc2)cc1. The van der Waals surface area contributed by atoms with Gasteiger partial charge in [-0.05, 0) is 60.5 Å². The van der Waals surface area contributed by atoms with Crippen LogP contribution in [-0.2, 0) is 4.79 Å². The van der Waals surface area contributed by atoms with Gasteiger partial charge < -0.3 is 0 Å². The summed E-state index contributed by atoms with van der Waals surface area (Å²) in [6.07, 6.45) is 2.92. The molecule has 3 aromatic rings. The molecule has 0 saturated heterocycles. The van der Waals surface area contributed by atoms with E-state index >= 15 is 0 Å². The van der Waals surface area contributed by atoms with E-state index in [0.717, 1.165) is 40.8 Å². The maximum atomic E-state index is 13.0. The van der Waals surface area contributed by atoms with Crippen molar-refractivity contribution in [1.82, 2.24) is 4.72 Å². The van der Waals surface area contributed by atoms with Crippen LogP contribution in [0.1, 0.15) is 42.7 Å². The van der Waals surface area contributed by atoms with Crippen molar-refractivity contribution >= 4 is 17.9 Å². The van der Waals surface area contributed by atoms with E-state index in [1.807, 2.05) is 61.5 Å². The number of amides is 1. The second-order valence-corrected chi connectivity index (χ2v) is 8.21. The van der Waals surface area contributed by atoms with E-state index in [-0.39, 0.29) is 11.8 Å². The minimum atomic E-state index is -0.230. The first-order valence-electron chi connectivity index (χ1n) is 10.2. The lowest BCUT2D eigenvalue weighted by atomic mass is 9.91. The van der Waals surface area contributed by atoms with Crippen molar-refractivity contribution in [3.8, 4) is 17.2 Å². The van der Waals surface area contributed by atoms with Gasteiger partial charge in [0.1, 0.15) is 0 Å². The Morgan fingerprint density at radius 2 is 1.60 bits per heavy atom. The minimum absolute atomic E-state index is 0.00462. The van der Waals surface area contributed by atoms with Gasteiger partial charge in [0.15, 0.2) is 0 Å². The molecule has 1 atom stereocenters. The zero-order valence-electron chi connectivity index (χ0n) is 17.2. The largest absolute Gasteiger partial charge is 0.295 e. The van der Waals surface area contributed by atoms with Crippen molar-refractivity contribution < 1.29 is 4.79 Å². The molecule has 1 N–H and O–H groups in total. The van der Waals surface area contributed by atoms with Crippen LogP contribution in [-0.4, -0.2) is 5.91 Å². The van der Waals surface area contributed by atoms with E-state index in [1.54, 1.807) is 0 Å². The molecule has 1 unspecified atom stereocenters. The number of nitrogens with zero attached hydrogens (tertiary/aromatic N) is 1. The van der Waals surface area contributed by atoms with Crippen LogP contribution in [0.2, 0.25) is 0 Å². The van der Waals surface area contributed by atoms with Gasteiger partial charge in [0.25, 0.3) is 0 Å². The third-order valence-corrected chi connectivity index (χ3v) is 5.87. The molecule has 0 aliphatic rings. The summed E-state index contributed by atoms with van der Waals surface area (Å²) >= 11 is 1.35. The second-order valence-electron chi connectivity index (χ2n) is 7.33. The standard InChI is InChI=1S/C26H26N2OS/c1-20-11-17-24(18-12-20)30-28-26(29)25(10-6-3-7-19-27)23-15-13-22(14-16-23)21-8-4-2-5-9-21/h2,4-5,8-9,11-18,25H,3,6-7,10H2,1H3,(H,28,29). The van der Waals surface area contributed by atoms with E-state index in [9.17, 15) is 4.79 Å². The summed E-state index contributed by atoms with van der Waals surface area (Å²) in [6.45, 7) is 2.05. The fraction of sp³-hybridized carbons (Fsp3) is 0.231. The van der Waals surface area contributed by atoms with Crippen LogP contribution >= 0.6 is 11.9 Å². The van der Waals surface area contributed by atoms with Crippen LogP contribution in [0.25, 0.3) is 11.1 Å². The van der Waals surface area contributed by atoms with Gasteiger partial charge >= 0.3 is 0 Å². The van der Waals surface area contributed by atoms with Crippen LogP contribution in [0.5, 0.6) is 0 Å². The lowest BCUT2D eigenvalue weighted by molar-refractivity contribution is -0.120. The normalized spacial score (nSPS) is 11.5. The predicted molar refractivity (Wildman–Crippen MR) is 124 cm³/mol. The number of benzene rings is 3.